The molecule has 0 atom stereocenters. The van der Waals surface area contributed by atoms with Gasteiger partial charge in [0.05, 0.1) is 0 Å². The summed E-state index contributed by atoms with van der Waals surface area (Å²) < 4.78 is 0. The van der Waals surface area contributed by atoms with Gasteiger partial charge in [-0.2, -0.15) is 0 Å². The summed E-state index contributed by atoms with van der Waals surface area (Å²) in [5.74, 6) is 0.309. The van der Waals surface area contributed by atoms with Crippen LogP contribution in [0.25, 0.3) is 0 Å². The molecule has 2 aromatic carbocycles. The molecule has 0 aliphatic carbocycles. The standard InChI is InChI=1S/C18H24ClO2P/c1-13(2)15-9-5-7-11-17(15)22(19,20,21)18-12-8-6-10-16(18)14(3)4/h5-14,20-21H,1-4H3. The van der Waals surface area contributed by atoms with Gasteiger partial charge in [-0.3, -0.25) is 0 Å². The summed E-state index contributed by atoms with van der Waals surface area (Å²) in [4.78, 5) is 22.5. The molecule has 120 valence electrons. The van der Waals surface area contributed by atoms with Gasteiger partial charge < -0.3 is 0 Å². The summed E-state index contributed by atoms with van der Waals surface area (Å²) in [5, 5.41) is 0.886. The van der Waals surface area contributed by atoms with Crippen LogP contribution >= 0.6 is 17.7 Å². The summed E-state index contributed by atoms with van der Waals surface area (Å²) in [7, 11) is 0. The fourth-order valence-corrected chi connectivity index (χ4v) is 6.27. The van der Waals surface area contributed by atoms with E-state index in [4.69, 9.17) is 11.2 Å². The first kappa shape index (κ1) is 17.4. The van der Waals surface area contributed by atoms with Gasteiger partial charge in [0, 0.05) is 0 Å². The van der Waals surface area contributed by atoms with Gasteiger partial charge in [-0.1, -0.05) is 0 Å². The molecule has 4 heteroatoms. The molecule has 0 unspecified atom stereocenters. The van der Waals surface area contributed by atoms with E-state index in [1.807, 2.05) is 52.0 Å². The minimum atomic E-state index is -4.69. The summed E-state index contributed by atoms with van der Waals surface area (Å²) in [6.07, 6.45) is -4.69. The van der Waals surface area contributed by atoms with Gasteiger partial charge in [0.1, 0.15) is 0 Å². The van der Waals surface area contributed by atoms with Crippen LogP contribution in [0.3, 0.4) is 0 Å². The van der Waals surface area contributed by atoms with Crippen LogP contribution in [0.1, 0.15) is 50.7 Å². The van der Waals surface area contributed by atoms with Crippen molar-refractivity contribution in [2.45, 2.75) is 39.5 Å². The summed E-state index contributed by atoms with van der Waals surface area (Å²) in [5.41, 5.74) is 1.75. The van der Waals surface area contributed by atoms with Gasteiger partial charge >= 0.3 is 137 Å². The van der Waals surface area contributed by atoms with Crippen LogP contribution in [0.2, 0.25) is 0 Å². The third-order valence-electron chi connectivity index (χ3n) is 3.97. The van der Waals surface area contributed by atoms with E-state index in [0.29, 0.717) is 10.6 Å². The minimum absolute atomic E-state index is 0.155. The van der Waals surface area contributed by atoms with Crippen molar-refractivity contribution >= 4 is 28.3 Å². The Morgan fingerprint density at radius 3 is 1.36 bits per heavy atom. The molecule has 0 radical (unpaired) electrons. The van der Waals surface area contributed by atoms with Gasteiger partial charge in [0.2, 0.25) is 0 Å². The fourth-order valence-electron chi connectivity index (χ4n) is 2.80. The van der Waals surface area contributed by atoms with E-state index < -0.39 is 6.41 Å². The van der Waals surface area contributed by atoms with E-state index in [-0.39, 0.29) is 11.8 Å². The van der Waals surface area contributed by atoms with Gasteiger partial charge in [-0.15, -0.1) is 0 Å². The molecular formula is C18H24ClO2P. The molecule has 0 spiro atoms. The number of hydrogen-bond donors (Lipinski definition) is 2. The Labute approximate surface area is 137 Å². The summed E-state index contributed by atoms with van der Waals surface area (Å²) >= 11 is 6.58. The van der Waals surface area contributed by atoms with Crippen molar-refractivity contribution in [2.24, 2.45) is 0 Å². The van der Waals surface area contributed by atoms with Crippen LogP contribution in [0.15, 0.2) is 48.5 Å². The molecule has 0 saturated carbocycles. The summed E-state index contributed by atoms with van der Waals surface area (Å²) in [6, 6.07) is 14.7. The quantitative estimate of drug-likeness (QED) is 0.811. The second-order valence-corrected chi connectivity index (χ2v) is 11.1. The van der Waals surface area contributed by atoms with Crippen molar-refractivity contribution < 1.29 is 9.79 Å². The van der Waals surface area contributed by atoms with Crippen LogP contribution in [0.5, 0.6) is 0 Å². The van der Waals surface area contributed by atoms with Gasteiger partial charge in [-0.05, 0) is 0 Å². The van der Waals surface area contributed by atoms with E-state index in [0.717, 1.165) is 11.1 Å². The molecule has 0 aliphatic heterocycles. The number of halogens is 1. The molecule has 0 heterocycles. The van der Waals surface area contributed by atoms with Gasteiger partial charge in [0.25, 0.3) is 0 Å². The van der Waals surface area contributed by atoms with Crippen molar-refractivity contribution in [3.05, 3.63) is 59.7 Å². The van der Waals surface area contributed by atoms with Crippen LogP contribution in [-0.4, -0.2) is 9.79 Å². The Hall–Kier alpha value is -0.920. The van der Waals surface area contributed by atoms with E-state index in [1.54, 1.807) is 24.3 Å². The molecule has 0 saturated heterocycles. The maximum absolute atomic E-state index is 11.2. The number of hydrogen-bond acceptors (Lipinski definition) is 2. The van der Waals surface area contributed by atoms with Crippen molar-refractivity contribution in [2.75, 3.05) is 0 Å². The third kappa shape index (κ3) is 3.07. The molecule has 0 amide bonds. The van der Waals surface area contributed by atoms with E-state index in [9.17, 15) is 9.79 Å². The zero-order valence-corrected chi connectivity index (χ0v) is 15.1. The predicted octanol–water partition coefficient (Wildman–Crippen LogP) is 4.41. The van der Waals surface area contributed by atoms with E-state index >= 15 is 0 Å². The zero-order chi connectivity index (χ0) is 16.6. The Morgan fingerprint density at radius 2 is 1.05 bits per heavy atom. The number of benzene rings is 2. The second kappa shape index (κ2) is 5.94. The van der Waals surface area contributed by atoms with Crippen LogP contribution in [-0.2, 0) is 0 Å². The first-order valence-electron chi connectivity index (χ1n) is 7.56. The average molecular weight is 339 g/mol. The molecule has 0 bridgehead atoms. The normalized spacial score (nSPS) is 14.1. The molecule has 2 aromatic rings. The molecule has 2 rings (SSSR count). The average Bonchev–Trinajstić information content (AvgIpc) is 2.47. The third-order valence-corrected chi connectivity index (χ3v) is 7.59. The van der Waals surface area contributed by atoms with Gasteiger partial charge in [0.15, 0.2) is 0 Å². The molecule has 22 heavy (non-hydrogen) atoms. The Morgan fingerprint density at radius 1 is 0.727 bits per heavy atom. The van der Waals surface area contributed by atoms with E-state index in [2.05, 4.69) is 0 Å². The van der Waals surface area contributed by atoms with Crippen LogP contribution < -0.4 is 10.6 Å². The topological polar surface area (TPSA) is 40.5 Å². The molecule has 0 aliphatic rings. The van der Waals surface area contributed by atoms with Crippen LogP contribution in [0.4, 0.5) is 0 Å². The number of rotatable bonds is 4. The second-order valence-electron chi connectivity index (χ2n) is 6.35. The Balaban J connectivity index is 2.77. The molecule has 2 nitrogen and oxygen atoms in total. The zero-order valence-electron chi connectivity index (χ0n) is 13.5. The molecule has 2 N–H and O–H groups in total. The monoisotopic (exact) mass is 338 g/mol. The van der Waals surface area contributed by atoms with Gasteiger partial charge in [-0.25, -0.2) is 0 Å². The predicted molar refractivity (Wildman–Crippen MR) is 97.5 cm³/mol. The van der Waals surface area contributed by atoms with Crippen molar-refractivity contribution in [1.29, 1.82) is 0 Å². The summed E-state index contributed by atoms with van der Waals surface area (Å²) in [6.45, 7) is 8.10. The molecule has 0 fully saturated rings. The SMILES string of the molecule is CC(C)c1ccccc1P(O)(O)(Cl)c1ccccc1C(C)C. The van der Waals surface area contributed by atoms with E-state index in [1.165, 1.54) is 0 Å². The molecule has 0 aromatic heterocycles. The first-order chi connectivity index (χ1) is 10.1. The van der Waals surface area contributed by atoms with Crippen LogP contribution in [0, 0.1) is 0 Å². The van der Waals surface area contributed by atoms with Crippen molar-refractivity contribution in [3.63, 3.8) is 0 Å². The van der Waals surface area contributed by atoms with Crippen molar-refractivity contribution in [1.82, 2.24) is 0 Å². The van der Waals surface area contributed by atoms with Crippen molar-refractivity contribution in [3.8, 4) is 0 Å². The fraction of sp³-hybridized carbons (Fsp3) is 0.333. The Kier molecular flexibility index (Phi) is 4.71. The maximum atomic E-state index is 11.2. The molecular weight excluding hydrogens is 315 g/mol. The first-order valence-corrected chi connectivity index (χ1v) is 10.6. The Bertz CT molecular complexity index is 617.